The number of rotatable bonds is 12. The Hall–Kier alpha value is -5.09. The van der Waals surface area contributed by atoms with Gasteiger partial charge in [0.25, 0.3) is 0 Å². The molecule has 0 saturated carbocycles. The van der Waals surface area contributed by atoms with Crippen LogP contribution in [-0.2, 0) is 30.6 Å². The molecule has 7 rings (SSSR count). The van der Waals surface area contributed by atoms with E-state index in [9.17, 15) is 4.79 Å². The zero-order valence-corrected chi connectivity index (χ0v) is 26.9. The molecule has 10 heteroatoms. The monoisotopic (exact) mass is 631 g/mol. The average Bonchev–Trinajstić information content (AvgIpc) is 3.84. The van der Waals surface area contributed by atoms with Crippen molar-refractivity contribution in [1.29, 1.82) is 0 Å². The summed E-state index contributed by atoms with van der Waals surface area (Å²) in [5.41, 5.74) is 5.48. The Bertz CT molecular complexity index is 1980. The predicted octanol–water partition coefficient (Wildman–Crippen LogP) is 5.63. The average molecular weight is 632 g/mol. The number of fused-ring (bicyclic) bond motifs is 2. The zero-order chi connectivity index (χ0) is 32.2. The number of carbonyl (C=O) groups is 1. The van der Waals surface area contributed by atoms with E-state index in [-0.39, 0.29) is 11.9 Å². The molecule has 0 bridgehead atoms. The van der Waals surface area contributed by atoms with Gasteiger partial charge in [0, 0.05) is 58.7 Å². The Morgan fingerprint density at radius 3 is 2.36 bits per heavy atom. The zero-order valence-electron chi connectivity index (χ0n) is 26.9. The summed E-state index contributed by atoms with van der Waals surface area (Å²) in [4.78, 5) is 20.5. The van der Waals surface area contributed by atoms with Gasteiger partial charge < -0.3 is 34.6 Å². The number of aryl methyl sites for hydroxylation is 2. The minimum atomic E-state index is -0.413. The molecule has 1 fully saturated rings. The number of aromatic amines is 2. The molecule has 0 spiro atoms. The third-order valence-corrected chi connectivity index (χ3v) is 9.33. The molecule has 6 aromatic rings. The first kappa shape index (κ1) is 30.6. The van der Waals surface area contributed by atoms with Crippen LogP contribution in [0.5, 0.6) is 11.5 Å². The molecule has 4 heterocycles. The van der Waals surface area contributed by atoms with Crippen LogP contribution >= 0.6 is 0 Å². The summed E-state index contributed by atoms with van der Waals surface area (Å²) < 4.78 is 13.4. The molecule has 1 aliphatic rings. The van der Waals surface area contributed by atoms with E-state index in [1.54, 1.807) is 14.2 Å². The molecule has 10 nitrogen and oxygen atoms in total. The van der Waals surface area contributed by atoms with Crippen molar-refractivity contribution in [1.82, 2.24) is 35.4 Å². The lowest BCUT2D eigenvalue weighted by molar-refractivity contribution is -0.124. The van der Waals surface area contributed by atoms with Crippen molar-refractivity contribution < 1.29 is 14.3 Å². The number of hydrogen-bond acceptors (Lipinski definition) is 6. The maximum atomic E-state index is 13.8. The number of nitrogens with one attached hydrogen (secondary N) is 4. The molecule has 4 N–H and O–H groups in total. The van der Waals surface area contributed by atoms with E-state index in [2.05, 4.69) is 61.7 Å². The van der Waals surface area contributed by atoms with E-state index >= 15 is 0 Å². The fourth-order valence-electron chi connectivity index (χ4n) is 6.78. The number of piperidine rings is 1. The Kier molecular flexibility index (Phi) is 8.92. The highest BCUT2D eigenvalue weighted by Gasteiger charge is 2.29. The standard InChI is InChI=1S/C37H41N7O3/c1-46-27-16-14-25(34(20-27)47-2)23-44-35(17-15-24-21-39-30-11-5-3-9-28(24)30)42-43-36(44)33(41-37(45)32-13-7-8-18-38-32)19-26-22-40-31-12-6-4-10-29(26)31/h3-6,9-12,14,16,20-22,32-33,38-40H,7-8,13,15,17-19,23H2,1-2H3,(H,41,45)/t32-,33?/m1/s1. The van der Waals surface area contributed by atoms with Crippen LogP contribution in [-0.4, -0.2) is 57.4 Å². The molecule has 2 atom stereocenters. The second-order valence-electron chi connectivity index (χ2n) is 12.2. The summed E-state index contributed by atoms with van der Waals surface area (Å²) in [5.74, 6) is 2.99. The molecule has 47 heavy (non-hydrogen) atoms. The van der Waals surface area contributed by atoms with Crippen LogP contribution in [0, 0.1) is 0 Å². The highest BCUT2D eigenvalue weighted by atomic mass is 16.5. The Morgan fingerprint density at radius 2 is 1.64 bits per heavy atom. The van der Waals surface area contributed by atoms with Crippen LogP contribution in [0.25, 0.3) is 21.8 Å². The molecule has 1 amide bonds. The Morgan fingerprint density at radius 1 is 0.894 bits per heavy atom. The summed E-state index contributed by atoms with van der Waals surface area (Å²) in [6.45, 7) is 1.32. The summed E-state index contributed by atoms with van der Waals surface area (Å²) >= 11 is 0. The molecule has 3 aromatic heterocycles. The van der Waals surface area contributed by atoms with Crippen LogP contribution < -0.4 is 20.1 Å². The number of benzene rings is 3. The van der Waals surface area contributed by atoms with E-state index < -0.39 is 6.04 Å². The van der Waals surface area contributed by atoms with Gasteiger partial charge in [0.15, 0.2) is 5.82 Å². The van der Waals surface area contributed by atoms with Gasteiger partial charge in [-0.1, -0.05) is 42.8 Å². The van der Waals surface area contributed by atoms with E-state index in [0.717, 1.165) is 77.1 Å². The topological polar surface area (TPSA) is 122 Å². The lowest BCUT2D eigenvalue weighted by Gasteiger charge is -2.26. The minimum absolute atomic E-state index is 0.00791. The molecular formula is C37H41N7O3. The van der Waals surface area contributed by atoms with E-state index in [0.29, 0.717) is 25.2 Å². The predicted molar refractivity (Wildman–Crippen MR) is 183 cm³/mol. The number of methoxy groups -OCH3 is 2. The van der Waals surface area contributed by atoms with Crippen molar-refractivity contribution in [2.24, 2.45) is 0 Å². The molecule has 0 aliphatic carbocycles. The normalized spacial score (nSPS) is 15.6. The van der Waals surface area contributed by atoms with Gasteiger partial charge in [-0.25, -0.2) is 0 Å². The fraction of sp³-hybridized carbons (Fsp3) is 0.324. The number of aromatic nitrogens is 5. The Labute approximate surface area is 273 Å². The van der Waals surface area contributed by atoms with Crippen molar-refractivity contribution in [2.75, 3.05) is 20.8 Å². The summed E-state index contributed by atoms with van der Waals surface area (Å²) in [5, 5.41) is 18.7. The van der Waals surface area contributed by atoms with Crippen LogP contribution in [0.2, 0.25) is 0 Å². The first-order chi connectivity index (χ1) is 23.1. The van der Waals surface area contributed by atoms with Gasteiger partial charge >= 0.3 is 0 Å². The first-order valence-corrected chi connectivity index (χ1v) is 16.4. The quantitative estimate of drug-likeness (QED) is 0.139. The summed E-state index contributed by atoms with van der Waals surface area (Å²) in [7, 11) is 3.31. The maximum absolute atomic E-state index is 13.8. The summed E-state index contributed by atoms with van der Waals surface area (Å²) in [6.07, 6.45) is 9.06. The van der Waals surface area contributed by atoms with Gasteiger partial charge in [0.1, 0.15) is 17.3 Å². The second kappa shape index (κ2) is 13.7. The van der Waals surface area contributed by atoms with Gasteiger partial charge in [0.2, 0.25) is 5.91 Å². The second-order valence-corrected chi connectivity index (χ2v) is 12.2. The van der Waals surface area contributed by atoms with Crippen molar-refractivity contribution in [3.05, 3.63) is 107 Å². The third kappa shape index (κ3) is 6.46. The van der Waals surface area contributed by atoms with Gasteiger partial charge in [-0.3, -0.25) is 4.79 Å². The van der Waals surface area contributed by atoms with Gasteiger partial charge in [0.05, 0.1) is 32.8 Å². The minimum Gasteiger partial charge on any atom is -0.497 e. The van der Waals surface area contributed by atoms with E-state index in [1.807, 2.05) is 42.6 Å². The smallest absolute Gasteiger partial charge is 0.237 e. The molecular weight excluding hydrogens is 590 g/mol. The number of amides is 1. The molecule has 1 saturated heterocycles. The lowest BCUT2D eigenvalue weighted by Crippen LogP contribution is -2.48. The van der Waals surface area contributed by atoms with E-state index in [4.69, 9.17) is 19.7 Å². The highest BCUT2D eigenvalue weighted by molar-refractivity contribution is 5.84. The molecule has 242 valence electrons. The van der Waals surface area contributed by atoms with Gasteiger partial charge in [-0.2, -0.15) is 0 Å². The lowest BCUT2D eigenvalue weighted by atomic mass is 10.0. The maximum Gasteiger partial charge on any atom is 0.237 e. The molecule has 0 radical (unpaired) electrons. The Balaban J connectivity index is 1.27. The number of hydrogen-bond donors (Lipinski definition) is 4. The molecule has 1 unspecified atom stereocenters. The van der Waals surface area contributed by atoms with Crippen molar-refractivity contribution in [2.45, 2.75) is 57.2 Å². The number of ether oxygens (including phenoxy) is 2. The fourth-order valence-corrected chi connectivity index (χ4v) is 6.78. The van der Waals surface area contributed by atoms with Crippen molar-refractivity contribution in [3.63, 3.8) is 0 Å². The van der Waals surface area contributed by atoms with Crippen LogP contribution in [0.15, 0.2) is 79.1 Å². The van der Waals surface area contributed by atoms with Crippen LogP contribution in [0.3, 0.4) is 0 Å². The molecule has 3 aromatic carbocycles. The van der Waals surface area contributed by atoms with Crippen LogP contribution in [0.4, 0.5) is 0 Å². The number of H-pyrrole nitrogens is 2. The first-order valence-electron chi connectivity index (χ1n) is 16.4. The van der Waals surface area contributed by atoms with Crippen molar-refractivity contribution >= 4 is 27.7 Å². The van der Waals surface area contributed by atoms with Crippen LogP contribution in [0.1, 0.15) is 53.6 Å². The molecule has 1 aliphatic heterocycles. The van der Waals surface area contributed by atoms with Crippen molar-refractivity contribution in [3.8, 4) is 11.5 Å². The number of para-hydroxylation sites is 2. The van der Waals surface area contributed by atoms with Gasteiger partial charge in [-0.15, -0.1) is 10.2 Å². The van der Waals surface area contributed by atoms with Gasteiger partial charge in [-0.05, 0) is 61.2 Å². The highest BCUT2D eigenvalue weighted by Crippen LogP contribution is 2.30. The summed E-state index contributed by atoms with van der Waals surface area (Å²) in [6, 6.07) is 21.8. The third-order valence-electron chi connectivity index (χ3n) is 9.33. The largest absolute Gasteiger partial charge is 0.497 e. The SMILES string of the molecule is COc1ccc(Cn2c(CCc3c[nH]c4ccccc34)nnc2C(Cc2c[nH]c3ccccc23)NC(=O)[C@H]2CCCCN2)c(OC)c1. The number of nitrogens with zero attached hydrogens (tertiary/aromatic N) is 3. The van der Waals surface area contributed by atoms with E-state index in [1.165, 1.54) is 10.9 Å². The number of carbonyl (C=O) groups excluding carboxylic acids is 1.